The van der Waals surface area contributed by atoms with Gasteiger partial charge >= 0.3 is 5.97 Å². The van der Waals surface area contributed by atoms with Gasteiger partial charge in [-0.05, 0) is 39.0 Å². The number of aromatic carboxylic acids is 1. The molecule has 0 fully saturated rings. The maximum Gasteiger partial charge on any atom is 0.337 e. The SMILES string of the molecule is Cc1cc(C)nc(SCc2[nH]n(-c3ccc(C(=O)O)cn3)c(=O)c2C)n1. The maximum absolute atomic E-state index is 12.5. The van der Waals surface area contributed by atoms with Crippen LogP contribution in [0.1, 0.15) is 33.0 Å². The van der Waals surface area contributed by atoms with Crippen LogP contribution in [0.15, 0.2) is 34.3 Å². The first kappa shape index (κ1) is 17.9. The minimum absolute atomic E-state index is 0.0628. The number of H-pyrrole nitrogens is 1. The molecule has 3 aromatic heterocycles. The second-order valence-electron chi connectivity index (χ2n) is 5.79. The van der Waals surface area contributed by atoms with Crippen LogP contribution in [0.5, 0.6) is 0 Å². The number of thioether (sulfide) groups is 1. The van der Waals surface area contributed by atoms with Gasteiger partial charge in [0.1, 0.15) is 0 Å². The summed E-state index contributed by atoms with van der Waals surface area (Å²) in [6.45, 7) is 5.56. The van der Waals surface area contributed by atoms with Crippen molar-refractivity contribution in [2.45, 2.75) is 31.7 Å². The fraction of sp³-hybridized carbons (Fsp3) is 0.235. The van der Waals surface area contributed by atoms with Crippen LogP contribution in [-0.2, 0) is 5.75 Å². The van der Waals surface area contributed by atoms with Crippen LogP contribution in [0, 0.1) is 20.8 Å². The standard InChI is InChI=1S/C17H17N5O3S/c1-9-6-10(2)20-17(19-9)26-8-13-11(3)15(23)22(21-13)14-5-4-12(7-18-14)16(24)25/h4-7,21H,8H2,1-3H3,(H,24,25). The van der Waals surface area contributed by atoms with Gasteiger partial charge in [0.05, 0.1) is 11.3 Å². The molecule has 26 heavy (non-hydrogen) atoms. The third kappa shape index (κ3) is 3.67. The molecule has 134 valence electrons. The molecular weight excluding hydrogens is 354 g/mol. The van der Waals surface area contributed by atoms with Crippen LogP contribution in [-0.4, -0.2) is 35.8 Å². The highest BCUT2D eigenvalue weighted by Crippen LogP contribution is 2.20. The molecule has 0 amide bonds. The molecule has 0 aliphatic heterocycles. The van der Waals surface area contributed by atoms with Crippen LogP contribution in [0.25, 0.3) is 5.82 Å². The first-order chi connectivity index (χ1) is 12.3. The zero-order valence-corrected chi connectivity index (χ0v) is 15.3. The monoisotopic (exact) mass is 371 g/mol. The molecule has 0 unspecified atom stereocenters. The Morgan fingerprint density at radius 1 is 1.23 bits per heavy atom. The summed E-state index contributed by atoms with van der Waals surface area (Å²) < 4.78 is 1.30. The lowest BCUT2D eigenvalue weighted by molar-refractivity contribution is 0.0696. The number of hydrogen-bond donors (Lipinski definition) is 2. The van der Waals surface area contributed by atoms with Crippen molar-refractivity contribution in [1.29, 1.82) is 0 Å². The topological polar surface area (TPSA) is 114 Å². The fourth-order valence-corrected chi connectivity index (χ4v) is 3.38. The molecule has 2 N–H and O–H groups in total. The minimum atomic E-state index is -1.07. The Hall–Kier alpha value is -2.94. The van der Waals surface area contributed by atoms with Gasteiger partial charge in [0.2, 0.25) is 0 Å². The fourth-order valence-electron chi connectivity index (χ4n) is 2.41. The minimum Gasteiger partial charge on any atom is -0.478 e. The molecular formula is C17H17N5O3S. The van der Waals surface area contributed by atoms with Gasteiger partial charge in [0, 0.05) is 28.9 Å². The maximum atomic E-state index is 12.5. The Bertz CT molecular complexity index is 1000. The van der Waals surface area contributed by atoms with E-state index < -0.39 is 5.97 Å². The van der Waals surface area contributed by atoms with Gasteiger partial charge in [-0.25, -0.2) is 24.4 Å². The predicted octanol–water partition coefficient (Wildman–Crippen LogP) is 2.27. The third-order valence-corrected chi connectivity index (χ3v) is 4.63. The molecule has 0 atom stereocenters. The van der Waals surface area contributed by atoms with E-state index in [0.717, 1.165) is 17.1 Å². The smallest absolute Gasteiger partial charge is 0.337 e. The number of aryl methyl sites for hydroxylation is 2. The number of nitrogens with zero attached hydrogens (tertiary/aromatic N) is 4. The predicted molar refractivity (Wildman–Crippen MR) is 96.9 cm³/mol. The van der Waals surface area contributed by atoms with Crippen molar-refractivity contribution in [3.05, 3.63) is 63.0 Å². The molecule has 0 aliphatic carbocycles. The van der Waals surface area contributed by atoms with Crippen LogP contribution in [0.3, 0.4) is 0 Å². The number of carbonyl (C=O) groups is 1. The first-order valence-electron chi connectivity index (χ1n) is 7.80. The lowest BCUT2D eigenvalue weighted by atomic mass is 10.3. The van der Waals surface area contributed by atoms with E-state index in [9.17, 15) is 9.59 Å². The second kappa shape index (κ2) is 7.12. The summed E-state index contributed by atoms with van der Waals surface area (Å²) in [5, 5.41) is 12.6. The Labute approximate surface area is 153 Å². The van der Waals surface area contributed by atoms with Gasteiger partial charge in [-0.2, -0.15) is 0 Å². The molecule has 3 rings (SSSR count). The zero-order valence-electron chi connectivity index (χ0n) is 14.5. The molecule has 0 saturated carbocycles. The highest BCUT2D eigenvalue weighted by Gasteiger charge is 2.14. The summed E-state index contributed by atoms with van der Waals surface area (Å²) >= 11 is 1.44. The Kier molecular flexibility index (Phi) is 4.90. The summed E-state index contributed by atoms with van der Waals surface area (Å²) in [7, 11) is 0. The van der Waals surface area contributed by atoms with Crippen molar-refractivity contribution in [3.63, 3.8) is 0 Å². The summed E-state index contributed by atoms with van der Waals surface area (Å²) in [6, 6.07) is 4.80. The van der Waals surface area contributed by atoms with E-state index in [4.69, 9.17) is 5.11 Å². The number of aromatic nitrogens is 5. The molecule has 0 radical (unpaired) electrons. The Morgan fingerprint density at radius 3 is 2.50 bits per heavy atom. The number of rotatable bonds is 5. The molecule has 3 heterocycles. The number of aromatic amines is 1. The highest BCUT2D eigenvalue weighted by molar-refractivity contribution is 7.98. The quantitative estimate of drug-likeness (QED) is 0.522. The summed E-state index contributed by atoms with van der Waals surface area (Å²) in [6.07, 6.45) is 1.22. The molecule has 0 aliphatic rings. The van der Waals surface area contributed by atoms with Crippen LogP contribution in [0.4, 0.5) is 0 Å². The average molecular weight is 371 g/mol. The molecule has 9 heteroatoms. The number of carboxylic acid groups (broad SMARTS) is 1. The molecule has 0 spiro atoms. The third-order valence-electron chi connectivity index (χ3n) is 3.75. The first-order valence-corrected chi connectivity index (χ1v) is 8.79. The normalized spacial score (nSPS) is 10.9. The Morgan fingerprint density at radius 2 is 1.92 bits per heavy atom. The van der Waals surface area contributed by atoms with E-state index >= 15 is 0 Å². The van der Waals surface area contributed by atoms with Gasteiger partial charge in [0.15, 0.2) is 11.0 Å². The Balaban J connectivity index is 1.85. The molecule has 0 saturated heterocycles. The summed E-state index contributed by atoms with van der Waals surface area (Å²) in [4.78, 5) is 36.2. The van der Waals surface area contributed by atoms with Crippen molar-refractivity contribution >= 4 is 17.7 Å². The zero-order chi connectivity index (χ0) is 18.8. The largest absolute Gasteiger partial charge is 0.478 e. The average Bonchev–Trinajstić information content (AvgIpc) is 2.87. The van der Waals surface area contributed by atoms with E-state index in [1.54, 1.807) is 6.92 Å². The van der Waals surface area contributed by atoms with Crippen LogP contribution in [0.2, 0.25) is 0 Å². The molecule has 0 aromatic carbocycles. The number of hydrogen-bond acceptors (Lipinski definition) is 6. The van der Waals surface area contributed by atoms with Crippen LogP contribution < -0.4 is 5.56 Å². The van der Waals surface area contributed by atoms with E-state index in [2.05, 4.69) is 20.1 Å². The number of nitrogens with one attached hydrogen (secondary N) is 1. The van der Waals surface area contributed by atoms with Crippen molar-refractivity contribution < 1.29 is 9.90 Å². The van der Waals surface area contributed by atoms with Gasteiger partial charge < -0.3 is 5.11 Å². The van der Waals surface area contributed by atoms with Gasteiger partial charge in [0.25, 0.3) is 5.56 Å². The van der Waals surface area contributed by atoms with E-state index in [-0.39, 0.29) is 11.1 Å². The molecule has 3 aromatic rings. The second-order valence-corrected chi connectivity index (χ2v) is 6.73. The van der Waals surface area contributed by atoms with E-state index in [1.165, 1.54) is 34.8 Å². The number of pyridine rings is 1. The molecule has 8 nitrogen and oxygen atoms in total. The molecule has 0 bridgehead atoms. The highest BCUT2D eigenvalue weighted by atomic mass is 32.2. The van der Waals surface area contributed by atoms with E-state index in [0.29, 0.717) is 22.3 Å². The summed E-state index contributed by atoms with van der Waals surface area (Å²) in [5.41, 5.74) is 2.94. The van der Waals surface area contributed by atoms with Crippen molar-refractivity contribution in [2.75, 3.05) is 0 Å². The van der Waals surface area contributed by atoms with Gasteiger partial charge in [-0.3, -0.25) is 9.89 Å². The van der Waals surface area contributed by atoms with Crippen LogP contribution >= 0.6 is 11.8 Å². The van der Waals surface area contributed by atoms with Crippen molar-refractivity contribution in [2.24, 2.45) is 0 Å². The van der Waals surface area contributed by atoms with Crippen molar-refractivity contribution in [3.8, 4) is 5.82 Å². The summed E-state index contributed by atoms with van der Waals surface area (Å²) in [5.74, 6) is -0.226. The van der Waals surface area contributed by atoms with E-state index in [1.807, 2.05) is 19.9 Å². The lowest BCUT2D eigenvalue weighted by Gasteiger charge is -2.03. The van der Waals surface area contributed by atoms with Crippen molar-refractivity contribution in [1.82, 2.24) is 24.7 Å². The lowest BCUT2D eigenvalue weighted by Crippen LogP contribution is -2.17. The number of carboxylic acids is 1. The van der Waals surface area contributed by atoms with Gasteiger partial charge in [-0.15, -0.1) is 0 Å². The van der Waals surface area contributed by atoms with Gasteiger partial charge in [-0.1, -0.05) is 11.8 Å².